The zero-order valence-corrected chi connectivity index (χ0v) is 14.2. The number of hydrogen-bond acceptors (Lipinski definition) is 3. The minimum absolute atomic E-state index is 0.175. The summed E-state index contributed by atoms with van der Waals surface area (Å²) in [5.41, 5.74) is 3.17. The normalized spacial score (nSPS) is 11.0. The van der Waals surface area contributed by atoms with Crippen LogP contribution in [-0.4, -0.2) is 16.9 Å². The molecular weight excluding hydrogens is 312 g/mol. The highest BCUT2D eigenvalue weighted by Gasteiger charge is 2.21. The van der Waals surface area contributed by atoms with Crippen molar-refractivity contribution in [3.63, 3.8) is 0 Å². The van der Waals surface area contributed by atoms with Crippen LogP contribution in [0.5, 0.6) is 5.75 Å². The summed E-state index contributed by atoms with van der Waals surface area (Å²) in [6.45, 7) is 4.00. The fourth-order valence-corrected chi connectivity index (χ4v) is 3.15. The van der Waals surface area contributed by atoms with Crippen molar-refractivity contribution in [1.29, 1.82) is 0 Å². The van der Waals surface area contributed by atoms with Crippen LogP contribution in [0, 0.1) is 13.8 Å². The minimum atomic E-state index is -0.233. The van der Waals surface area contributed by atoms with Crippen molar-refractivity contribution in [2.45, 2.75) is 13.8 Å². The number of fused-ring (bicyclic) bond motifs is 1. The monoisotopic (exact) mass is 328 g/mol. The topological polar surface area (TPSA) is 44.1 Å². The van der Waals surface area contributed by atoms with E-state index in [1.54, 1.807) is 7.05 Å². The molecule has 0 aliphatic carbocycles. The van der Waals surface area contributed by atoms with Gasteiger partial charge in [-0.3, -0.25) is 4.79 Å². The first-order valence-corrected chi connectivity index (χ1v) is 7.63. The van der Waals surface area contributed by atoms with Gasteiger partial charge >= 0.3 is 0 Å². The predicted molar refractivity (Wildman–Crippen MR) is 93.5 cm³/mol. The SMILES string of the molecule is COc1c(Cl)nn(C)c(=O)c1-c1c(C)ccc2ccc(C)cc12. The lowest BCUT2D eigenvalue weighted by molar-refractivity contribution is 0.410. The van der Waals surface area contributed by atoms with Crippen molar-refractivity contribution < 1.29 is 4.74 Å². The summed E-state index contributed by atoms with van der Waals surface area (Å²) < 4.78 is 6.64. The molecule has 1 aromatic heterocycles. The van der Waals surface area contributed by atoms with Crippen LogP contribution in [-0.2, 0) is 7.05 Å². The Bertz CT molecular complexity index is 972. The predicted octanol–water partition coefficient (Wildman–Crippen LogP) is 3.88. The van der Waals surface area contributed by atoms with Gasteiger partial charge in [-0.1, -0.05) is 47.5 Å². The smallest absolute Gasteiger partial charge is 0.278 e. The van der Waals surface area contributed by atoms with Gasteiger partial charge in [0.2, 0.25) is 0 Å². The maximum Gasteiger partial charge on any atom is 0.278 e. The fourth-order valence-electron chi connectivity index (χ4n) is 2.87. The number of aryl methyl sites for hydroxylation is 3. The molecule has 0 spiro atoms. The van der Waals surface area contributed by atoms with E-state index in [4.69, 9.17) is 16.3 Å². The molecule has 0 radical (unpaired) electrons. The van der Waals surface area contributed by atoms with E-state index in [2.05, 4.69) is 17.2 Å². The Kier molecular flexibility index (Phi) is 3.86. The van der Waals surface area contributed by atoms with Crippen LogP contribution in [0.25, 0.3) is 21.9 Å². The number of ether oxygens (including phenoxy) is 1. The van der Waals surface area contributed by atoms with Crippen LogP contribution in [0.2, 0.25) is 5.15 Å². The quantitative estimate of drug-likeness (QED) is 0.717. The number of halogens is 1. The molecule has 0 fully saturated rings. The molecule has 0 aliphatic heterocycles. The molecule has 3 aromatic rings. The summed E-state index contributed by atoms with van der Waals surface area (Å²) in [5.74, 6) is 0.312. The van der Waals surface area contributed by atoms with Crippen molar-refractivity contribution in [2.75, 3.05) is 7.11 Å². The Balaban J connectivity index is 2.54. The van der Waals surface area contributed by atoms with Crippen molar-refractivity contribution >= 4 is 22.4 Å². The maximum absolute atomic E-state index is 12.7. The lowest BCUT2D eigenvalue weighted by atomic mass is 9.93. The van der Waals surface area contributed by atoms with Crippen LogP contribution in [0.1, 0.15) is 11.1 Å². The Morgan fingerprint density at radius 3 is 2.52 bits per heavy atom. The average Bonchev–Trinajstić information content (AvgIpc) is 2.51. The third-order valence-corrected chi connectivity index (χ3v) is 4.25. The summed E-state index contributed by atoms with van der Waals surface area (Å²) >= 11 is 6.20. The Morgan fingerprint density at radius 2 is 1.83 bits per heavy atom. The summed E-state index contributed by atoms with van der Waals surface area (Å²) in [5, 5.41) is 6.24. The first-order chi connectivity index (χ1) is 10.9. The van der Waals surface area contributed by atoms with Gasteiger partial charge in [0.05, 0.1) is 12.7 Å². The summed E-state index contributed by atoms with van der Waals surface area (Å²) in [7, 11) is 3.08. The van der Waals surface area contributed by atoms with Gasteiger partial charge in [0.25, 0.3) is 5.56 Å². The molecule has 118 valence electrons. The standard InChI is InChI=1S/C18H17ClN2O2/c1-10-5-7-12-8-6-11(2)14(13(12)9-10)15-16(23-4)17(19)20-21(3)18(15)22/h5-9H,1-4H3. The number of hydrogen-bond donors (Lipinski definition) is 0. The molecule has 0 bridgehead atoms. The van der Waals surface area contributed by atoms with E-state index in [0.29, 0.717) is 11.3 Å². The van der Waals surface area contributed by atoms with Crippen LogP contribution in [0.3, 0.4) is 0 Å². The summed E-state index contributed by atoms with van der Waals surface area (Å²) in [6, 6.07) is 10.2. The zero-order chi connectivity index (χ0) is 16.7. The average molecular weight is 329 g/mol. The lowest BCUT2D eigenvalue weighted by Crippen LogP contribution is -2.22. The zero-order valence-electron chi connectivity index (χ0n) is 13.5. The maximum atomic E-state index is 12.7. The molecule has 0 atom stereocenters. The van der Waals surface area contributed by atoms with Crippen molar-refractivity contribution in [2.24, 2.45) is 7.05 Å². The molecule has 5 heteroatoms. The van der Waals surface area contributed by atoms with Gasteiger partial charge in [-0.25, -0.2) is 4.68 Å². The number of benzene rings is 2. The molecule has 23 heavy (non-hydrogen) atoms. The molecule has 0 amide bonds. The van der Waals surface area contributed by atoms with Crippen LogP contribution >= 0.6 is 11.6 Å². The van der Waals surface area contributed by atoms with Crippen LogP contribution < -0.4 is 10.3 Å². The van der Waals surface area contributed by atoms with Crippen molar-refractivity contribution in [1.82, 2.24) is 9.78 Å². The number of rotatable bonds is 2. The van der Waals surface area contributed by atoms with Crippen LogP contribution in [0.15, 0.2) is 35.1 Å². The van der Waals surface area contributed by atoms with E-state index in [1.165, 1.54) is 11.8 Å². The van der Waals surface area contributed by atoms with Crippen molar-refractivity contribution in [3.05, 3.63) is 57.0 Å². The molecule has 1 heterocycles. The second-order valence-corrected chi connectivity index (χ2v) is 5.97. The highest BCUT2D eigenvalue weighted by Crippen LogP contribution is 2.38. The van der Waals surface area contributed by atoms with E-state index in [1.807, 2.05) is 32.0 Å². The second-order valence-electron chi connectivity index (χ2n) is 5.61. The van der Waals surface area contributed by atoms with E-state index in [9.17, 15) is 4.79 Å². The van der Waals surface area contributed by atoms with Crippen molar-refractivity contribution in [3.8, 4) is 16.9 Å². The highest BCUT2D eigenvalue weighted by molar-refractivity contribution is 6.31. The molecule has 3 rings (SSSR count). The fraction of sp³-hybridized carbons (Fsp3) is 0.222. The molecular formula is C18H17ClN2O2. The Hall–Kier alpha value is -2.33. The van der Waals surface area contributed by atoms with Gasteiger partial charge < -0.3 is 4.74 Å². The summed E-state index contributed by atoms with van der Waals surface area (Å²) in [6.07, 6.45) is 0. The lowest BCUT2D eigenvalue weighted by Gasteiger charge is -2.15. The summed E-state index contributed by atoms with van der Waals surface area (Å²) in [4.78, 5) is 12.7. The van der Waals surface area contributed by atoms with Gasteiger partial charge in [0.1, 0.15) is 0 Å². The van der Waals surface area contributed by atoms with E-state index in [0.717, 1.165) is 27.5 Å². The molecule has 4 nitrogen and oxygen atoms in total. The first kappa shape index (κ1) is 15.6. The third-order valence-electron chi connectivity index (χ3n) is 4.00. The highest BCUT2D eigenvalue weighted by atomic mass is 35.5. The largest absolute Gasteiger partial charge is 0.493 e. The number of methoxy groups -OCH3 is 1. The van der Waals surface area contributed by atoms with E-state index in [-0.39, 0.29) is 10.7 Å². The molecule has 0 aliphatic rings. The molecule has 0 unspecified atom stereocenters. The molecule has 0 saturated carbocycles. The second kappa shape index (κ2) is 5.70. The van der Waals surface area contributed by atoms with Gasteiger partial charge in [-0.2, -0.15) is 5.10 Å². The molecule has 2 aromatic carbocycles. The van der Waals surface area contributed by atoms with Gasteiger partial charge in [0.15, 0.2) is 10.9 Å². The van der Waals surface area contributed by atoms with Crippen LogP contribution in [0.4, 0.5) is 0 Å². The van der Waals surface area contributed by atoms with Gasteiger partial charge in [-0.05, 0) is 30.2 Å². The molecule has 0 saturated heterocycles. The first-order valence-electron chi connectivity index (χ1n) is 7.25. The third kappa shape index (κ3) is 2.49. The van der Waals surface area contributed by atoms with E-state index >= 15 is 0 Å². The number of aromatic nitrogens is 2. The molecule has 0 N–H and O–H groups in total. The van der Waals surface area contributed by atoms with Gasteiger partial charge in [-0.15, -0.1) is 0 Å². The number of nitrogens with zero attached hydrogens (tertiary/aromatic N) is 2. The van der Waals surface area contributed by atoms with Gasteiger partial charge in [0, 0.05) is 12.6 Å². The Morgan fingerprint density at radius 1 is 1.13 bits per heavy atom. The minimum Gasteiger partial charge on any atom is -0.493 e. The van der Waals surface area contributed by atoms with E-state index < -0.39 is 0 Å². The Labute approximate surface area is 139 Å².